The summed E-state index contributed by atoms with van der Waals surface area (Å²) in [5.41, 5.74) is 9.09. The summed E-state index contributed by atoms with van der Waals surface area (Å²) in [6, 6.07) is 8.63. The maximum atomic E-state index is 12.8. The Bertz CT molecular complexity index is 1220. The fraction of sp³-hybridized carbons (Fsp3) is 0.375. The molecule has 150 valence electrons. The molecule has 2 aromatic heterocycles. The van der Waals surface area contributed by atoms with Crippen LogP contribution in [0.25, 0.3) is 11.4 Å². The van der Waals surface area contributed by atoms with Gasteiger partial charge in [0.05, 0.1) is 17.0 Å². The number of aryl methyl sites for hydroxylation is 1. The Hall–Kier alpha value is -3.15. The molecule has 1 fully saturated rings. The minimum absolute atomic E-state index is 0.0123. The fourth-order valence-corrected chi connectivity index (χ4v) is 5.47. The summed E-state index contributed by atoms with van der Waals surface area (Å²) in [6.07, 6.45) is 7.84. The van der Waals surface area contributed by atoms with Crippen LogP contribution < -0.4 is 10.2 Å². The Morgan fingerprint density at radius 3 is 2.77 bits per heavy atom. The summed E-state index contributed by atoms with van der Waals surface area (Å²) in [4.78, 5) is 28.5. The lowest BCUT2D eigenvalue weighted by molar-refractivity contribution is 0.0917. The van der Waals surface area contributed by atoms with Crippen LogP contribution in [0.3, 0.4) is 0 Å². The van der Waals surface area contributed by atoms with Gasteiger partial charge in [0.25, 0.3) is 5.91 Å². The third-order valence-electron chi connectivity index (χ3n) is 7.30. The van der Waals surface area contributed by atoms with Crippen molar-refractivity contribution >= 4 is 11.9 Å². The molecule has 0 saturated heterocycles. The highest BCUT2D eigenvalue weighted by atomic mass is 16.2. The van der Waals surface area contributed by atoms with Gasteiger partial charge in [-0.05, 0) is 54.4 Å². The first-order valence-electron chi connectivity index (χ1n) is 10.9. The number of fused-ring (bicyclic) bond motifs is 6. The van der Waals surface area contributed by atoms with Gasteiger partial charge in [-0.25, -0.2) is 9.97 Å². The monoisotopic (exact) mass is 397 g/mol. The summed E-state index contributed by atoms with van der Waals surface area (Å²) < 4.78 is 0. The molecule has 0 atom stereocenters. The zero-order valence-electron chi connectivity index (χ0n) is 16.8. The molecule has 7 rings (SSSR count). The lowest BCUT2D eigenvalue weighted by Gasteiger charge is -2.29. The summed E-state index contributed by atoms with van der Waals surface area (Å²) >= 11 is 0. The van der Waals surface area contributed by atoms with Crippen LogP contribution in [0.15, 0.2) is 30.5 Å². The molecule has 0 unspecified atom stereocenters. The molecule has 30 heavy (non-hydrogen) atoms. The number of aromatic amines is 1. The van der Waals surface area contributed by atoms with Gasteiger partial charge in [-0.15, -0.1) is 0 Å². The average molecular weight is 397 g/mol. The van der Waals surface area contributed by atoms with Crippen molar-refractivity contribution in [2.75, 3.05) is 11.4 Å². The van der Waals surface area contributed by atoms with Crippen molar-refractivity contribution in [1.29, 1.82) is 0 Å². The summed E-state index contributed by atoms with van der Waals surface area (Å²) in [5, 5.41) is 3.26. The molecule has 2 aliphatic heterocycles. The van der Waals surface area contributed by atoms with Gasteiger partial charge >= 0.3 is 0 Å². The fourth-order valence-electron chi connectivity index (χ4n) is 5.47. The van der Waals surface area contributed by atoms with E-state index < -0.39 is 0 Å². The highest BCUT2D eigenvalue weighted by molar-refractivity contribution is 6.01. The van der Waals surface area contributed by atoms with Crippen LogP contribution in [0.4, 0.5) is 5.95 Å². The van der Waals surface area contributed by atoms with Gasteiger partial charge in [0.15, 0.2) is 0 Å². The predicted octanol–water partition coefficient (Wildman–Crippen LogP) is 2.95. The zero-order chi connectivity index (χ0) is 19.9. The minimum atomic E-state index is 0.0123. The molecule has 6 nitrogen and oxygen atoms in total. The van der Waals surface area contributed by atoms with E-state index in [0.717, 1.165) is 85.8 Å². The van der Waals surface area contributed by atoms with Crippen LogP contribution >= 0.6 is 0 Å². The average Bonchev–Trinajstić information content (AvgIpc) is 3.39. The van der Waals surface area contributed by atoms with E-state index in [1.165, 1.54) is 16.7 Å². The van der Waals surface area contributed by atoms with Gasteiger partial charge in [0.1, 0.15) is 0 Å². The Balaban J connectivity index is 1.29. The first kappa shape index (κ1) is 16.6. The van der Waals surface area contributed by atoms with Gasteiger partial charge in [-0.1, -0.05) is 24.3 Å². The topological polar surface area (TPSA) is 73.9 Å². The molecule has 1 spiro atoms. The molecule has 3 aromatic rings. The van der Waals surface area contributed by atoms with Crippen LogP contribution in [0.1, 0.15) is 51.1 Å². The first-order chi connectivity index (χ1) is 14.7. The number of nitrogens with one attached hydrogen (secondary N) is 2. The Morgan fingerprint density at radius 2 is 1.90 bits per heavy atom. The molecular formula is C24H23N5O. The molecule has 0 bridgehead atoms. The molecule has 6 heteroatoms. The van der Waals surface area contributed by atoms with Gasteiger partial charge in [-0.2, -0.15) is 0 Å². The van der Waals surface area contributed by atoms with Crippen LogP contribution in [-0.4, -0.2) is 32.9 Å². The van der Waals surface area contributed by atoms with Crippen molar-refractivity contribution in [2.24, 2.45) is 0 Å². The lowest BCUT2D eigenvalue weighted by Crippen LogP contribution is -2.43. The number of H-pyrrole nitrogens is 1. The number of nitrogens with zero attached hydrogens (tertiary/aromatic N) is 3. The number of carbonyl (C=O) groups is 1. The number of hydrogen-bond acceptors (Lipinski definition) is 4. The number of rotatable bonds is 1. The van der Waals surface area contributed by atoms with Crippen molar-refractivity contribution in [3.63, 3.8) is 0 Å². The van der Waals surface area contributed by atoms with Crippen molar-refractivity contribution in [3.8, 4) is 11.4 Å². The van der Waals surface area contributed by atoms with Gasteiger partial charge in [-0.3, -0.25) is 4.79 Å². The number of aromatic nitrogens is 3. The minimum Gasteiger partial charge on any atom is -0.356 e. The largest absolute Gasteiger partial charge is 0.356 e. The normalized spacial score (nSPS) is 20.1. The number of hydrogen-bond donors (Lipinski definition) is 2. The molecule has 4 aliphatic rings. The highest BCUT2D eigenvalue weighted by Crippen LogP contribution is 2.45. The molecule has 2 aliphatic carbocycles. The van der Waals surface area contributed by atoms with E-state index in [4.69, 9.17) is 9.97 Å². The van der Waals surface area contributed by atoms with Gasteiger partial charge < -0.3 is 15.2 Å². The summed E-state index contributed by atoms with van der Waals surface area (Å²) in [7, 11) is 0. The number of benzene rings is 1. The van der Waals surface area contributed by atoms with Crippen LogP contribution in [-0.2, 0) is 32.2 Å². The summed E-state index contributed by atoms with van der Waals surface area (Å²) in [5.74, 6) is 0.878. The lowest BCUT2D eigenvalue weighted by atomic mass is 9.90. The highest BCUT2D eigenvalue weighted by Gasteiger charge is 2.49. The number of amides is 1. The van der Waals surface area contributed by atoms with Gasteiger partial charge in [0, 0.05) is 36.9 Å². The second-order valence-electron chi connectivity index (χ2n) is 9.23. The van der Waals surface area contributed by atoms with Crippen molar-refractivity contribution < 1.29 is 4.79 Å². The zero-order valence-corrected chi connectivity index (χ0v) is 16.8. The van der Waals surface area contributed by atoms with Crippen LogP contribution in [0.5, 0.6) is 0 Å². The van der Waals surface area contributed by atoms with Crippen molar-refractivity contribution in [3.05, 3.63) is 64.0 Å². The van der Waals surface area contributed by atoms with E-state index >= 15 is 0 Å². The third kappa shape index (κ3) is 2.33. The Kier molecular flexibility index (Phi) is 3.17. The molecule has 0 radical (unpaired) electrons. The van der Waals surface area contributed by atoms with E-state index in [9.17, 15) is 4.79 Å². The second-order valence-corrected chi connectivity index (χ2v) is 9.23. The van der Waals surface area contributed by atoms with E-state index in [0.29, 0.717) is 0 Å². The van der Waals surface area contributed by atoms with E-state index in [1.807, 2.05) is 6.20 Å². The molecule has 1 amide bonds. The van der Waals surface area contributed by atoms with Crippen LogP contribution in [0.2, 0.25) is 0 Å². The SMILES string of the molecule is O=C1NC2(CC2)Cc2[nH]c3c(c21)CCc1cnc(N2CCc4ccccc4C2)nc1-3. The van der Waals surface area contributed by atoms with E-state index in [-0.39, 0.29) is 11.4 Å². The Morgan fingerprint density at radius 1 is 1.03 bits per heavy atom. The molecule has 1 aromatic carbocycles. The van der Waals surface area contributed by atoms with Gasteiger partial charge in [0.2, 0.25) is 5.95 Å². The maximum absolute atomic E-state index is 12.8. The van der Waals surface area contributed by atoms with Crippen molar-refractivity contribution in [1.82, 2.24) is 20.3 Å². The van der Waals surface area contributed by atoms with E-state index in [1.54, 1.807) is 0 Å². The quantitative estimate of drug-likeness (QED) is 0.662. The maximum Gasteiger partial charge on any atom is 0.253 e. The predicted molar refractivity (Wildman–Crippen MR) is 114 cm³/mol. The van der Waals surface area contributed by atoms with Crippen LogP contribution in [0, 0.1) is 0 Å². The smallest absolute Gasteiger partial charge is 0.253 e. The summed E-state index contributed by atoms with van der Waals surface area (Å²) in [6.45, 7) is 1.77. The number of anilines is 1. The van der Waals surface area contributed by atoms with E-state index in [2.05, 4.69) is 39.5 Å². The molecule has 2 N–H and O–H groups in total. The number of carbonyl (C=O) groups excluding carboxylic acids is 1. The van der Waals surface area contributed by atoms with Crippen molar-refractivity contribution in [2.45, 2.75) is 50.6 Å². The Labute approximate surface area is 174 Å². The molecule has 4 heterocycles. The molecular weight excluding hydrogens is 374 g/mol. The standard InChI is InChI=1S/C24H23N5O/c30-22-19-17-6-5-15-12-25-23(29-10-7-14-3-1-2-4-16(14)13-29)27-20(15)21(17)26-18(19)11-24(28-22)8-9-24/h1-4,12,26H,5-11,13H2,(H,28,30). The first-order valence-corrected chi connectivity index (χ1v) is 10.9. The second kappa shape index (κ2) is 5.72. The third-order valence-corrected chi connectivity index (χ3v) is 7.30. The molecule has 1 saturated carbocycles.